The lowest BCUT2D eigenvalue weighted by Gasteiger charge is -2.10. The van der Waals surface area contributed by atoms with Crippen LogP contribution in [0.5, 0.6) is 11.8 Å². The molecule has 0 spiro atoms. The van der Waals surface area contributed by atoms with Gasteiger partial charge in [0.15, 0.2) is 5.82 Å². The van der Waals surface area contributed by atoms with Crippen LogP contribution in [0.3, 0.4) is 0 Å². The number of nitrogens with zero attached hydrogens (tertiary/aromatic N) is 6. The summed E-state index contributed by atoms with van der Waals surface area (Å²) < 4.78 is 9.77. The average molecular weight is 408 g/mol. The highest BCUT2D eigenvalue weighted by Gasteiger charge is 2.10. The lowest BCUT2D eigenvalue weighted by atomic mass is 10.2. The van der Waals surface area contributed by atoms with E-state index in [4.69, 9.17) is 17.0 Å². The highest BCUT2D eigenvalue weighted by atomic mass is 32.1. The summed E-state index contributed by atoms with van der Waals surface area (Å²) in [6, 6.07) is 17.6. The highest BCUT2D eigenvalue weighted by molar-refractivity contribution is 7.71. The van der Waals surface area contributed by atoms with Crippen LogP contribution in [0.4, 0.5) is 0 Å². The van der Waals surface area contributed by atoms with E-state index < -0.39 is 0 Å². The minimum Gasteiger partial charge on any atom is -0.423 e. The minimum atomic E-state index is 0.302. The van der Waals surface area contributed by atoms with Crippen molar-refractivity contribution in [3.63, 3.8) is 0 Å². The standard InChI is InChI=1S/C19H20N8OS/c1-2-6-17-21-23-19(29)27(17)20-13-14-9-11-16(12-10-14)28-18-22-24-25-26(18)15-7-4-3-5-8-15/h3-5,7-12,20H,2,6,13H2,1H3,(H,23,29). The summed E-state index contributed by atoms with van der Waals surface area (Å²) in [7, 11) is 0. The molecule has 148 valence electrons. The number of hydrogen-bond donors (Lipinski definition) is 2. The molecule has 4 aromatic rings. The van der Waals surface area contributed by atoms with Crippen LogP contribution in [-0.2, 0) is 13.0 Å². The summed E-state index contributed by atoms with van der Waals surface area (Å²) in [5.74, 6) is 1.54. The third-order valence-corrected chi connectivity index (χ3v) is 4.50. The van der Waals surface area contributed by atoms with Crippen LogP contribution < -0.4 is 10.2 Å². The topological polar surface area (TPSA) is 98.5 Å². The highest BCUT2D eigenvalue weighted by Crippen LogP contribution is 2.21. The minimum absolute atomic E-state index is 0.302. The molecule has 9 nitrogen and oxygen atoms in total. The van der Waals surface area contributed by atoms with Gasteiger partial charge in [-0.25, -0.2) is 4.68 Å². The Morgan fingerprint density at radius 2 is 1.90 bits per heavy atom. The van der Waals surface area contributed by atoms with Gasteiger partial charge in [0.2, 0.25) is 4.77 Å². The Labute approximate surface area is 172 Å². The molecule has 4 rings (SSSR count). The zero-order chi connectivity index (χ0) is 20.1. The number of ether oxygens (including phenoxy) is 1. The number of aromatic nitrogens is 7. The van der Waals surface area contributed by atoms with E-state index in [2.05, 4.69) is 38.1 Å². The first kappa shape index (κ1) is 18.8. The summed E-state index contributed by atoms with van der Waals surface area (Å²) in [6.45, 7) is 2.71. The second kappa shape index (κ2) is 8.65. The Hall–Kier alpha value is -3.53. The molecule has 2 heterocycles. The van der Waals surface area contributed by atoms with Crippen LogP contribution in [0.15, 0.2) is 54.6 Å². The molecule has 0 radical (unpaired) electrons. The Morgan fingerprint density at radius 3 is 2.66 bits per heavy atom. The molecule has 0 unspecified atom stereocenters. The van der Waals surface area contributed by atoms with Crippen molar-refractivity contribution >= 4 is 12.2 Å². The van der Waals surface area contributed by atoms with Crippen LogP contribution >= 0.6 is 12.2 Å². The van der Waals surface area contributed by atoms with Crippen LogP contribution in [-0.4, -0.2) is 35.1 Å². The molecule has 0 atom stereocenters. The summed E-state index contributed by atoms with van der Waals surface area (Å²) >= 11 is 5.28. The van der Waals surface area contributed by atoms with Crippen molar-refractivity contribution in [2.24, 2.45) is 0 Å². The van der Waals surface area contributed by atoms with Gasteiger partial charge < -0.3 is 10.2 Å². The van der Waals surface area contributed by atoms with Gasteiger partial charge in [0.1, 0.15) is 5.75 Å². The van der Waals surface area contributed by atoms with E-state index in [1.54, 1.807) is 4.68 Å². The van der Waals surface area contributed by atoms with E-state index in [9.17, 15) is 0 Å². The molecule has 0 aliphatic heterocycles. The maximum absolute atomic E-state index is 5.85. The molecule has 0 saturated heterocycles. The third-order valence-electron chi connectivity index (χ3n) is 4.23. The lowest BCUT2D eigenvalue weighted by molar-refractivity contribution is 0.427. The van der Waals surface area contributed by atoms with E-state index in [-0.39, 0.29) is 0 Å². The zero-order valence-electron chi connectivity index (χ0n) is 15.8. The molecule has 0 aliphatic carbocycles. The number of benzene rings is 2. The maximum Gasteiger partial charge on any atom is 0.345 e. The lowest BCUT2D eigenvalue weighted by Crippen LogP contribution is -2.17. The Morgan fingerprint density at radius 1 is 1.10 bits per heavy atom. The fraction of sp³-hybridized carbons (Fsp3) is 0.211. The van der Waals surface area contributed by atoms with Crippen molar-refractivity contribution in [1.29, 1.82) is 0 Å². The zero-order valence-corrected chi connectivity index (χ0v) is 16.6. The van der Waals surface area contributed by atoms with Crippen LogP contribution in [0.1, 0.15) is 24.7 Å². The first-order chi connectivity index (χ1) is 14.2. The molecular weight excluding hydrogens is 388 g/mol. The molecule has 0 aliphatic rings. The molecule has 2 aromatic carbocycles. The average Bonchev–Trinajstić information content (AvgIpc) is 3.35. The van der Waals surface area contributed by atoms with Crippen molar-refractivity contribution in [2.45, 2.75) is 26.3 Å². The number of H-pyrrole nitrogens is 1. The fourth-order valence-corrected chi connectivity index (χ4v) is 3.02. The van der Waals surface area contributed by atoms with Crippen molar-refractivity contribution < 1.29 is 4.74 Å². The maximum atomic E-state index is 5.85. The number of nitrogens with one attached hydrogen (secondary N) is 2. The quantitative estimate of drug-likeness (QED) is 0.431. The normalized spacial score (nSPS) is 10.8. The van der Waals surface area contributed by atoms with Gasteiger partial charge >= 0.3 is 6.01 Å². The smallest absolute Gasteiger partial charge is 0.345 e. The van der Waals surface area contributed by atoms with Gasteiger partial charge in [-0.1, -0.05) is 42.4 Å². The van der Waals surface area contributed by atoms with Gasteiger partial charge in [0.05, 0.1) is 12.2 Å². The second-order valence-corrected chi connectivity index (χ2v) is 6.71. The van der Waals surface area contributed by atoms with E-state index in [0.29, 0.717) is 23.1 Å². The molecule has 10 heteroatoms. The Bertz CT molecular complexity index is 1120. The number of tetrazole rings is 1. The summed E-state index contributed by atoms with van der Waals surface area (Å²) in [6.07, 6.45) is 1.85. The first-order valence-electron chi connectivity index (χ1n) is 9.25. The summed E-state index contributed by atoms with van der Waals surface area (Å²) in [5, 5.41) is 18.7. The van der Waals surface area contributed by atoms with Gasteiger partial charge in [-0.3, -0.25) is 5.10 Å². The van der Waals surface area contributed by atoms with Gasteiger partial charge in [-0.2, -0.15) is 9.78 Å². The molecule has 29 heavy (non-hydrogen) atoms. The monoisotopic (exact) mass is 408 g/mol. The van der Waals surface area contributed by atoms with E-state index >= 15 is 0 Å². The first-order valence-corrected chi connectivity index (χ1v) is 9.66. The number of aromatic amines is 1. The molecule has 2 N–H and O–H groups in total. The molecule has 0 bridgehead atoms. The number of aryl methyl sites for hydroxylation is 1. The predicted molar refractivity (Wildman–Crippen MR) is 110 cm³/mol. The Balaban J connectivity index is 1.43. The van der Waals surface area contributed by atoms with Gasteiger partial charge in [-0.05, 0) is 58.9 Å². The third kappa shape index (κ3) is 4.32. The molecule has 0 saturated carbocycles. The van der Waals surface area contributed by atoms with Crippen LogP contribution in [0.25, 0.3) is 5.69 Å². The van der Waals surface area contributed by atoms with Gasteiger partial charge in [0.25, 0.3) is 0 Å². The summed E-state index contributed by atoms with van der Waals surface area (Å²) in [5.41, 5.74) is 5.20. The molecular formula is C19H20N8OS. The number of hydrogen-bond acceptors (Lipinski definition) is 7. The predicted octanol–water partition coefficient (Wildman–Crippen LogP) is 3.40. The summed E-state index contributed by atoms with van der Waals surface area (Å²) in [4.78, 5) is 0. The SMILES string of the molecule is CCCc1n[nH]c(=S)n1NCc1ccc(Oc2nnnn2-c2ccccc2)cc1. The van der Waals surface area contributed by atoms with Crippen molar-refractivity contribution in [3.05, 3.63) is 70.8 Å². The van der Waals surface area contributed by atoms with Crippen LogP contribution in [0.2, 0.25) is 0 Å². The van der Waals surface area contributed by atoms with E-state index in [1.165, 1.54) is 0 Å². The molecule has 0 fully saturated rings. The van der Waals surface area contributed by atoms with E-state index in [0.717, 1.165) is 29.9 Å². The number of rotatable bonds is 8. The van der Waals surface area contributed by atoms with Crippen molar-refractivity contribution in [2.75, 3.05) is 5.43 Å². The van der Waals surface area contributed by atoms with Crippen molar-refractivity contribution in [1.82, 2.24) is 35.1 Å². The van der Waals surface area contributed by atoms with Gasteiger partial charge in [0, 0.05) is 6.42 Å². The largest absolute Gasteiger partial charge is 0.423 e. The number of para-hydroxylation sites is 1. The van der Waals surface area contributed by atoms with Crippen molar-refractivity contribution in [3.8, 4) is 17.4 Å². The van der Waals surface area contributed by atoms with Gasteiger partial charge in [-0.15, -0.1) is 0 Å². The second-order valence-electron chi connectivity index (χ2n) is 6.32. The van der Waals surface area contributed by atoms with Crippen LogP contribution in [0, 0.1) is 4.77 Å². The molecule has 2 aromatic heterocycles. The molecule has 0 amide bonds. The van der Waals surface area contributed by atoms with E-state index in [1.807, 2.05) is 59.3 Å². The fourth-order valence-electron chi connectivity index (χ4n) is 2.81. The Kier molecular flexibility index (Phi) is 5.61.